The summed E-state index contributed by atoms with van der Waals surface area (Å²) in [7, 11) is 1.68. The van der Waals surface area contributed by atoms with Gasteiger partial charge in [0.1, 0.15) is 18.1 Å². The Kier molecular flexibility index (Phi) is 4.19. The van der Waals surface area contributed by atoms with Crippen LogP contribution in [0.15, 0.2) is 23.8 Å². The second-order valence-corrected chi connectivity index (χ2v) is 6.89. The number of likely N-dealkylation sites (tertiary alicyclic amines) is 1. The minimum atomic E-state index is 0.214. The third-order valence-electron chi connectivity index (χ3n) is 5.31. The molecule has 2 atom stereocenters. The molecule has 1 aromatic rings. The van der Waals surface area contributed by atoms with Crippen LogP contribution in [0.2, 0.25) is 0 Å². The average Bonchev–Trinajstić information content (AvgIpc) is 2.85. The summed E-state index contributed by atoms with van der Waals surface area (Å²) in [5.41, 5.74) is 2.37. The molecule has 5 nitrogen and oxygen atoms in total. The zero-order valence-electron chi connectivity index (χ0n) is 14.1. The largest absolute Gasteiger partial charge is 0.497 e. The van der Waals surface area contributed by atoms with Crippen LogP contribution in [0.1, 0.15) is 31.2 Å². The number of benzene rings is 1. The molecule has 0 aromatic heterocycles. The number of nitrogens with one attached hydrogen (secondary N) is 1. The highest BCUT2D eigenvalue weighted by atomic mass is 16.5. The van der Waals surface area contributed by atoms with E-state index in [0.29, 0.717) is 25.1 Å². The van der Waals surface area contributed by atoms with E-state index < -0.39 is 0 Å². The summed E-state index contributed by atoms with van der Waals surface area (Å²) in [6, 6.07) is 6.69. The van der Waals surface area contributed by atoms with Crippen LogP contribution in [-0.2, 0) is 4.79 Å². The van der Waals surface area contributed by atoms with E-state index in [0.717, 1.165) is 49.4 Å². The first-order valence-corrected chi connectivity index (χ1v) is 8.76. The number of rotatable bonds is 3. The van der Waals surface area contributed by atoms with Gasteiger partial charge in [0, 0.05) is 37.2 Å². The first kappa shape index (κ1) is 15.5. The second-order valence-electron chi connectivity index (χ2n) is 6.89. The van der Waals surface area contributed by atoms with E-state index in [4.69, 9.17) is 9.47 Å². The highest BCUT2D eigenvalue weighted by Crippen LogP contribution is 2.32. The Labute approximate surface area is 142 Å². The van der Waals surface area contributed by atoms with E-state index in [2.05, 4.69) is 16.3 Å². The summed E-state index contributed by atoms with van der Waals surface area (Å²) in [6.45, 7) is 2.59. The zero-order chi connectivity index (χ0) is 16.5. The maximum absolute atomic E-state index is 11.7. The van der Waals surface area contributed by atoms with Gasteiger partial charge in [0.15, 0.2) is 0 Å². The Balaban J connectivity index is 1.49. The molecule has 0 saturated carbocycles. The second kappa shape index (κ2) is 6.48. The van der Waals surface area contributed by atoms with Crippen molar-refractivity contribution in [2.75, 3.05) is 26.8 Å². The van der Waals surface area contributed by atoms with E-state index in [1.807, 2.05) is 18.2 Å². The highest BCUT2D eigenvalue weighted by molar-refractivity contribution is 5.76. The minimum Gasteiger partial charge on any atom is -0.497 e. The van der Waals surface area contributed by atoms with E-state index in [1.165, 1.54) is 5.57 Å². The summed E-state index contributed by atoms with van der Waals surface area (Å²) in [5.74, 6) is 1.98. The predicted octanol–water partition coefficient (Wildman–Crippen LogP) is 2.21. The van der Waals surface area contributed by atoms with Gasteiger partial charge >= 0.3 is 0 Å². The molecule has 1 aromatic carbocycles. The summed E-state index contributed by atoms with van der Waals surface area (Å²) in [4.78, 5) is 14.3. The van der Waals surface area contributed by atoms with Gasteiger partial charge in [-0.2, -0.15) is 0 Å². The Morgan fingerprint density at radius 1 is 1.38 bits per heavy atom. The van der Waals surface area contributed by atoms with Crippen LogP contribution in [0.4, 0.5) is 0 Å². The molecular weight excluding hydrogens is 304 g/mol. The number of methoxy groups -OCH3 is 1. The smallest absolute Gasteiger partial charge is 0.220 e. The van der Waals surface area contributed by atoms with Crippen LogP contribution in [0.5, 0.6) is 11.5 Å². The van der Waals surface area contributed by atoms with Gasteiger partial charge in [-0.05, 0) is 49.1 Å². The lowest BCUT2D eigenvalue weighted by molar-refractivity contribution is -0.121. The molecule has 2 fully saturated rings. The molecule has 0 radical (unpaired) electrons. The number of nitrogens with zero attached hydrogens (tertiary/aromatic N) is 1. The molecule has 128 valence electrons. The van der Waals surface area contributed by atoms with E-state index >= 15 is 0 Å². The molecule has 1 amide bonds. The molecule has 0 unspecified atom stereocenters. The Bertz CT molecular complexity index is 671. The highest BCUT2D eigenvalue weighted by Gasteiger charge is 2.36. The molecule has 4 rings (SSSR count). The van der Waals surface area contributed by atoms with Crippen molar-refractivity contribution >= 4 is 12.0 Å². The molecule has 24 heavy (non-hydrogen) atoms. The van der Waals surface area contributed by atoms with Crippen molar-refractivity contribution in [1.29, 1.82) is 0 Å². The lowest BCUT2D eigenvalue weighted by atomic mass is 10.0. The van der Waals surface area contributed by atoms with Crippen LogP contribution in [-0.4, -0.2) is 49.7 Å². The molecule has 3 aliphatic rings. The van der Waals surface area contributed by atoms with Crippen molar-refractivity contribution in [3.05, 3.63) is 29.3 Å². The number of hydrogen-bond donors (Lipinski definition) is 1. The summed E-state index contributed by atoms with van der Waals surface area (Å²) < 4.78 is 11.2. The fourth-order valence-corrected chi connectivity index (χ4v) is 4.10. The quantitative estimate of drug-likeness (QED) is 0.924. The van der Waals surface area contributed by atoms with Gasteiger partial charge in [-0.25, -0.2) is 0 Å². The zero-order valence-corrected chi connectivity index (χ0v) is 14.1. The number of ether oxygens (including phenoxy) is 2. The third-order valence-corrected chi connectivity index (χ3v) is 5.31. The normalized spacial score (nSPS) is 26.5. The molecule has 0 spiro atoms. The van der Waals surface area contributed by atoms with Crippen LogP contribution in [0.3, 0.4) is 0 Å². The van der Waals surface area contributed by atoms with Crippen molar-refractivity contribution < 1.29 is 14.3 Å². The first-order valence-electron chi connectivity index (χ1n) is 8.76. The Morgan fingerprint density at radius 2 is 2.29 bits per heavy atom. The molecule has 5 heteroatoms. The van der Waals surface area contributed by atoms with Gasteiger partial charge in [0.05, 0.1) is 7.11 Å². The van der Waals surface area contributed by atoms with Gasteiger partial charge in [0.2, 0.25) is 5.91 Å². The standard InChI is InChI=1S/C19H24N2O3/c1-23-15-5-6-18-14(10-15)9-13(12-24-18)11-21-8-7-16-17(21)3-2-4-19(22)20-16/h5-6,9-10,16-17H,2-4,7-8,11-12H2,1H3,(H,20,22)/t16-,17-/m1/s1. The van der Waals surface area contributed by atoms with Crippen molar-refractivity contribution in [2.24, 2.45) is 0 Å². The van der Waals surface area contributed by atoms with Crippen LogP contribution in [0.25, 0.3) is 6.08 Å². The monoisotopic (exact) mass is 328 g/mol. The fraction of sp³-hybridized carbons (Fsp3) is 0.526. The van der Waals surface area contributed by atoms with Gasteiger partial charge in [-0.1, -0.05) is 0 Å². The van der Waals surface area contributed by atoms with Crippen molar-refractivity contribution in [1.82, 2.24) is 10.2 Å². The molecule has 0 bridgehead atoms. The maximum Gasteiger partial charge on any atom is 0.220 e. The predicted molar refractivity (Wildman–Crippen MR) is 92.2 cm³/mol. The molecule has 3 aliphatic heterocycles. The third kappa shape index (κ3) is 3.00. The van der Waals surface area contributed by atoms with Crippen LogP contribution >= 0.6 is 0 Å². The van der Waals surface area contributed by atoms with Gasteiger partial charge < -0.3 is 14.8 Å². The van der Waals surface area contributed by atoms with Gasteiger partial charge in [-0.15, -0.1) is 0 Å². The lowest BCUT2D eigenvalue weighted by Crippen LogP contribution is -2.43. The van der Waals surface area contributed by atoms with Crippen molar-refractivity contribution in [3.8, 4) is 11.5 Å². The summed E-state index contributed by atoms with van der Waals surface area (Å²) in [6.07, 6.45) is 6.03. The fourth-order valence-electron chi connectivity index (χ4n) is 4.10. The number of carbonyl (C=O) groups excluding carboxylic acids is 1. The summed E-state index contributed by atoms with van der Waals surface area (Å²) >= 11 is 0. The summed E-state index contributed by atoms with van der Waals surface area (Å²) in [5, 5.41) is 3.19. The van der Waals surface area contributed by atoms with E-state index in [9.17, 15) is 4.79 Å². The molecule has 1 N–H and O–H groups in total. The minimum absolute atomic E-state index is 0.214. The number of amides is 1. The van der Waals surface area contributed by atoms with Gasteiger partial charge in [0.25, 0.3) is 0 Å². The number of carbonyl (C=O) groups is 1. The Morgan fingerprint density at radius 3 is 3.17 bits per heavy atom. The lowest BCUT2D eigenvalue weighted by Gasteiger charge is -2.29. The first-order chi connectivity index (χ1) is 11.7. The molecule has 0 aliphatic carbocycles. The van der Waals surface area contributed by atoms with Gasteiger partial charge in [-0.3, -0.25) is 9.69 Å². The molecule has 2 saturated heterocycles. The molecular formula is C19H24N2O3. The number of fused-ring (bicyclic) bond motifs is 2. The molecule has 3 heterocycles. The Hall–Kier alpha value is -2.01. The van der Waals surface area contributed by atoms with Crippen molar-refractivity contribution in [2.45, 2.75) is 37.8 Å². The van der Waals surface area contributed by atoms with Crippen LogP contribution in [0, 0.1) is 0 Å². The van der Waals surface area contributed by atoms with E-state index in [1.54, 1.807) is 7.11 Å². The average molecular weight is 328 g/mol. The van der Waals surface area contributed by atoms with E-state index in [-0.39, 0.29) is 5.91 Å². The maximum atomic E-state index is 11.7. The van der Waals surface area contributed by atoms with Crippen LogP contribution < -0.4 is 14.8 Å². The van der Waals surface area contributed by atoms with Crippen molar-refractivity contribution in [3.63, 3.8) is 0 Å². The topological polar surface area (TPSA) is 50.8 Å². The SMILES string of the molecule is COc1ccc2c(c1)C=C(CN1CC[C@H]3NC(=O)CCC[C@H]31)CO2. The number of hydrogen-bond acceptors (Lipinski definition) is 4.